The maximum absolute atomic E-state index is 12.4. The zero-order valence-corrected chi connectivity index (χ0v) is 17.2. The monoisotopic (exact) mass is 430 g/mol. The Morgan fingerprint density at radius 1 is 1.46 bits per heavy atom. The SMILES string of the molecule is CCS(=O)(=O)N(C)N=C[C@@H]1C[C@H](S)CN1C(=O)OCc1ccc([N+](=O)[O-])cc1. The number of thiol groups is 1. The summed E-state index contributed by atoms with van der Waals surface area (Å²) in [5.41, 5.74) is 0.564. The van der Waals surface area contributed by atoms with Crippen molar-refractivity contribution in [2.75, 3.05) is 19.3 Å². The number of carbonyl (C=O) groups is 1. The molecule has 12 heteroatoms. The molecule has 1 aliphatic heterocycles. The molecular weight excluding hydrogens is 408 g/mol. The van der Waals surface area contributed by atoms with E-state index in [-0.39, 0.29) is 23.3 Å². The van der Waals surface area contributed by atoms with E-state index in [0.717, 1.165) is 4.41 Å². The molecule has 1 aromatic carbocycles. The molecule has 2 rings (SSSR count). The van der Waals surface area contributed by atoms with Crippen LogP contribution in [0.2, 0.25) is 0 Å². The molecule has 0 aromatic heterocycles. The predicted molar refractivity (Wildman–Crippen MR) is 107 cm³/mol. The summed E-state index contributed by atoms with van der Waals surface area (Å²) in [6.07, 6.45) is 1.32. The van der Waals surface area contributed by atoms with Crippen molar-refractivity contribution in [1.29, 1.82) is 0 Å². The molecule has 154 valence electrons. The fourth-order valence-corrected chi connectivity index (χ4v) is 3.53. The second kappa shape index (κ2) is 9.24. The number of nitrogens with zero attached hydrogens (tertiary/aromatic N) is 4. The maximum atomic E-state index is 12.4. The Morgan fingerprint density at radius 3 is 2.68 bits per heavy atom. The van der Waals surface area contributed by atoms with Crippen molar-refractivity contribution >= 4 is 40.6 Å². The minimum absolute atomic E-state index is 0.0431. The number of hydrogen-bond donors (Lipinski definition) is 1. The van der Waals surface area contributed by atoms with E-state index in [1.807, 2.05) is 0 Å². The molecule has 1 heterocycles. The lowest BCUT2D eigenvalue weighted by Crippen LogP contribution is -2.37. The van der Waals surface area contributed by atoms with Gasteiger partial charge in [0.1, 0.15) is 6.61 Å². The number of nitro groups is 1. The third-order valence-electron chi connectivity index (χ3n) is 4.23. The zero-order chi connectivity index (χ0) is 20.9. The smallest absolute Gasteiger partial charge is 0.410 e. The molecule has 1 amide bonds. The molecule has 0 bridgehead atoms. The van der Waals surface area contributed by atoms with Crippen LogP contribution in [-0.2, 0) is 21.4 Å². The van der Waals surface area contributed by atoms with E-state index < -0.39 is 27.1 Å². The number of hydrogen-bond acceptors (Lipinski definition) is 8. The van der Waals surface area contributed by atoms with Crippen molar-refractivity contribution in [3.63, 3.8) is 0 Å². The van der Waals surface area contributed by atoms with E-state index in [0.29, 0.717) is 18.5 Å². The Bertz CT molecular complexity index is 843. The number of benzene rings is 1. The highest BCUT2D eigenvalue weighted by Gasteiger charge is 2.34. The molecular formula is C16H22N4O6S2. The van der Waals surface area contributed by atoms with Crippen molar-refractivity contribution in [2.24, 2.45) is 5.10 Å². The van der Waals surface area contributed by atoms with E-state index >= 15 is 0 Å². The Morgan fingerprint density at radius 2 is 2.11 bits per heavy atom. The molecule has 2 atom stereocenters. The van der Waals surface area contributed by atoms with Gasteiger partial charge < -0.3 is 4.74 Å². The summed E-state index contributed by atoms with van der Waals surface area (Å²) >= 11 is 4.39. The maximum Gasteiger partial charge on any atom is 0.410 e. The minimum Gasteiger partial charge on any atom is -0.445 e. The van der Waals surface area contributed by atoms with Crippen LogP contribution >= 0.6 is 12.6 Å². The van der Waals surface area contributed by atoms with Crippen LogP contribution < -0.4 is 0 Å². The first-order chi connectivity index (χ1) is 13.1. The lowest BCUT2D eigenvalue weighted by Gasteiger charge is -2.21. The zero-order valence-electron chi connectivity index (χ0n) is 15.5. The van der Waals surface area contributed by atoms with Crippen molar-refractivity contribution in [1.82, 2.24) is 9.31 Å². The highest BCUT2D eigenvalue weighted by atomic mass is 32.2. The lowest BCUT2D eigenvalue weighted by molar-refractivity contribution is -0.384. The van der Waals surface area contributed by atoms with Crippen LogP contribution in [0, 0.1) is 10.1 Å². The lowest BCUT2D eigenvalue weighted by atomic mass is 10.2. The van der Waals surface area contributed by atoms with Gasteiger partial charge in [-0.15, -0.1) is 0 Å². The molecule has 28 heavy (non-hydrogen) atoms. The number of nitro benzene ring substituents is 1. The van der Waals surface area contributed by atoms with E-state index in [2.05, 4.69) is 17.7 Å². The number of carbonyl (C=O) groups excluding carboxylic acids is 1. The quantitative estimate of drug-likeness (QED) is 0.305. The Balaban J connectivity index is 1.99. The van der Waals surface area contributed by atoms with E-state index in [9.17, 15) is 23.3 Å². The molecule has 0 saturated carbocycles. The number of amides is 1. The van der Waals surface area contributed by atoms with Gasteiger partial charge in [-0.2, -0.15) is 22.1 Å². The topological polar surface area (TPSA) is 122 Å². The molecule has 0 N–H and O–H groups in total. The van der Waals surface area contributed by atoms with Gasteiger partial charge in [0.2, 0.25) is 10.0 Å². The number of hydrazone groups is 1. The van der Waals surface area contributed by atoms with E-state index in [1.165, 1.54) is 49.4 Å². The van der Waals surface area contributed by atoms with Gasteiger partial charge in [-0.3, -0.25) is 15.0 Å². The van der Waals surface area contributed by atoms with Crippen molar-refractivity contribution < 1.29 is 22.9 Å². The molecule has 10 nitrogen and oxygen atoms in total. The third-order valence-corrected chi connectivity index (χ3v) is 6.24. The fraction of sp³-hybridized carbons (Fsp3) is 0.500. The molecule has 0 spiro atoms. The van der Waals surface area contributed by atoms with E-state index in [1.54, 1.807) is 0 Å². The van der Waals surface area contributed by atoms with Crippen LogP contribution in [0.5, 0.6) is 0 Å². The summed E-state index contributed by atoms with van der Waals surface area (Å²) in [6.45, 7) is 1.81. The van der Waals surface area contributed by atoms with Crippen LogP contribution in [0.15, 0.2) is 29.4 Å². The van der Waals surface area contributed by atoms with Gasteiger partial charge in [0.15, 0.2) is 0 Å². The first-order valence-corrected chi connectivity index (χ1v) is 10.6. The second-order valence-electron chi connectivity index (χ2n) is 6.19. The number of rotatable bonds is 7. The normalized spacial score (nSPS) is 19.8. The largest absolute Gasteiger partial charge is 0.445 e. The van der Waals surface area contributed by atoms with Crippen molar-refractivity contribution in [3.05, 3.63) is 39.9 Å². The molecule has 0 unspecified atom stereocenters. The molecule has 1 saturated heterocycles. The van der Waals surface area contributed by atoms with Gasteiger partial charge in [-0.25, -0.2) is 13.2 Å². The summed E-state index contributed by atoms with van der Waals surface area (Å²) < 4.78 is 29.7. The molecule has 1 aromatic rings. The van der Waals surface area contributed by atoms with Crippen molar-refractivity contribution in [2.45, 2.75) is 31.2 Å². The first-order valence-electron chi connectivity index (χ1n) is 8.49. The van der Waals surface area contributed by atoms with E-state index in [4.69, 9.17) is 4.74 Å². The van der Waals surface area contributed by atoms with Gasteiger partial charge in [0, 0.05) is 37.2 Å². The standard InChI is InChI=1S/C16H22N4O6S2/c1-3-28(24,25)18(2)17-9-14-8-15(27)10-19(14)16(21)26-11-12-4-6-13(7-5-12)20(22)23/h4-7,9,14-15,27H,3,8,10-11H2,1-2H3/t14-,15-/m0/s1. The van der Waals surface area contributed by atoms with Gasteiger partial charge in [-0.05, 0) is 31.0 Å². The number of non-ortho nitro benzene ring substituents is 1. The minimum atomic E-state index is -3.46. The summed E-state index contributed by atoms with van der Waals surface area (Å²) in [5, 5.41) is 14.5. The van der Waals surface area contributed by atoms with Crippen LogP contribution in [0.3, 0.4) is 0 Å². The average Bonchev–Trinajstić information content (AvgIpc) is 3.05. The Labute approximate surface area is 168 Å². The summed E-state index contributed by atoms with van der Waals surface area (Å²) in [5.74, 6) is -0.0817. The van der Waals surface area contributed by atoms with Gasteiger partial charge >= 0.3 is 6.09 Å². The number of likely N-dealkylation sites (tertiary alicyclic amines) is 1. The van der Waals surface area contributed by atoms with Gasteiger partial charge in [0.05, 0.1) is 16.7 Å². The van der Waals surface area contributed by atoms with Crippen LogP contribution in [0.1, 0.15) is 18.9 Å². The Hall–Kier alpha value is -2.34. The highest BCUT2D eigenvalue weighted by Crippen LogP contribution is 2.22. The number of ether oxygens (including phenoxy) is 1. The molecule has 0 aliphatic carbocycles. The molecule has 1 aliphatic rings. The molecule has 0 radical (unpaired) electrons. The Kier molecular flexibility index (Phi) is 7.24. The predicted octanol–water partition coefficient (Wildman–Crippen LogP) is 1.87. The second-order valence-corrected chi connectivity index (χ2v) is 9.19. The van der Waals surface area contributed by atoms with Crippen molar-refractivity contribution in [3.8, 4) is 0 Å². The summed E-state index contributed by atoms with van der Waals surface area (Å²) in [4.78, 5) is 24.0. The van der Waals surface area contributed by atoms with Crippen LogP contribution in [0.4, 0.5) is 10.5 Å². The highest BCUT2D eigenvalue weighted by molar-refractivity contribution is 7.89. The first kappa shape index (κ1) is 22.0. The third kappa shape index (κ3) is 5.58. The fourth-order valence-electron chi connectivity index (χ4n) is 2.57. The molecule has 1 fully saturated rings. The van der Waals surface area contributed by atoms with Gasteiger partial charge in [0.25, 0.3) is 5.69 Å². The van der Waals surface area contributed by atoms with Gasteiger partial charge in [-0.1, -0.05) is 0 Å². The number of sulfonamides is 1. The summed E-state index contributed by atoms with van der Waals surface area (Å²) in [6, 6.07) is 5.26. The van der Waals surface area contributed by atoms with Crippen LogP contribution in [-0.4, -0.2) is 65.6 Å². The van der Waals surface area contributed by atoms with Crippen LogP contribution in [0.25, 0.3) is 0 Å². The average molecular weight is 431 g/mol. The summed E-state index contributed by atoms with van der Waals surface area (Å²) in [7, 11) is -2.13.